The lowest BCUT2D eigenvalue weighted by atomic mass is 10.0. The molecular weight excluding hydrogens is 961 g/mol. The Morgan fingerprint density at radius 1 is 0.269 bits per heavy atom. The zero-order chi connectivity index (χ0) is 56.4. The molecule has 0 aromatic carbocycles. The first-order valence-corrected chi connectivity index (χ1v) is 32.5. The number of allylic oxidation sites excluding steroid dienone is 20. The molecule has 444 valence electrons. The molecule has 1 atom stereocenters. The summed E-state index contributed by atoms with van der Waals surface area (Å²) in [6.45, 7) is 6.38. The Bertz CT molecular complexity index is 1620. The number of hydrogen-bond acceptors (Lipinski definition) is 6. The van der Waals surface area contributed by atoms with Crippen molar-refractivity contribution in [1.82, 2.24) is 0 Å². The summed E-state index contributed by atoms with van der Waals surface area (Å²) in [7, 11) is 0. The van der Waals surface area contributed by atoms with Crippen molar-refractivity contribution in [2.24, 2.45) is 0 Å². The van der Waals surface area contributed by atoms with E-state index in [0.29, 0.717) is 19.3 Å². The van der Waals surface area contributed by atoms with E-state index in [9.17, 15) is 14.4 Å². The minimum Gasteiger partial charge on any atom is -0.462 e. The maximum Gasteiger partial charge on any atom is 0.306 e. The van der Waals surface area contributed by atoms with Crippen LogP contribution in [0.25, 0.3) is 0 Å². The van der Waals surface area contributed by atoms with Crippen LogP contribution in [0.4, 0.5) is 0 Å². The van der Waals surface area contributed by atoms with Crippen LogP contribution in [0.1, 0.15) is 297 Å². The highest BCUT2D eigenvalue weighted by Crippen LogP contribution is 2.16. The summed E-state index contributed by atoms with van der Waals surface area (Å²) < 4.78 is 16.9. The molecule has 0 aromatic rings. The van der Waals surface area contributed by atoms with Crippen LogP contribution in [0, 0.1) is 0 Å². The molecule has 78 heavy (non-hydrogen) atoms. The van der Waals surface area contributed by atoms with Crippen LogP contribution in [0.15, 0.2) is 122 Å². The van der Waals surface area contributed by atoms with Crippen molar-refractivity contribution in [3.63, 3.8) is 0 Å². The second kappa shape index (κ2) is 65.3. The minimum atomic E-state index is -0.792. The normalized spacial score (nSPS) is 12.9. The number of esters is 3. The van der Waals surface area contributed by atoms with Crippen LogP contribution in [0.5, 0.6) is 0 Å². The first-order valence-electron chi connectivity index (χ1n) is 32.5. The predicted octanol–water partition coefficient (Wildman–Crippen LogP) is 22.4. The van der Waals surface area contributed by atoms with Crippen LogP contribution in [-0.2, 0) is 28.6 Å². The molecule has 0 fully saturated rings. The fourth-order valence-corrected chi connectivity index (χ4v) is 8.87. The summed E-state index contributed by atoms with van der Waals surface area (Å²) in [4.78, 5) is 38.2. The summed E-state index contributed by atoms with van der Waals surface area (Å²) in [6, 6.07) is 0. The van der Waals surface area contributed by atoms with Gasteiger partial charge in [-0.25, -0.2) is 0 Å². The number of rotatable bonds is 58. The number of ether oxygens (including phenoxy) is 3. The standard InChI is InChI=1S/C72H120O6/c1-4-7-10-13-16-19-22-25-27-28-29-30-31-32-33-34-35-36-37-38-39-40-41-42-43-44-46-47-50-53-56-59-62-65-71(74)77-68-69(67-76-70(73)64-61-58-55-52-49-24-21-18-15-12-9-6-3)78-72(75)66-63-60-57-54-51-48-45-26-23-20-17-14-11-8-5-2/h7-8,10-11,16-21,25-27,29-30,32-33,35-36,45,69H,4-6,9,12-15,22-24,28,31,34,37-44,46-68H2,1-3H3/b10-7-,11-8-,19-16-,20-17-,21-18-,27-25-,30-29-,33-32-,36-35-,45-26-. The average Bonchev–Trinajstić information content (AvgIpc) is 3.44. The van der Waals surface area contributed by atoms with E-state index in [4.69, 9.17) is 14.2 Å². The zero-order valence-electron chi connectivity index (χ0n) is 50.9. The zero-order valence-corrected chi connectivity index (χ0v) is 50.9. The SMILES string of the molecule is CC/C=C\C/C=C\C/C=C\C/C=C\C/C=C\C/C=C\CCCCCCCCCCCCCCCCC(=O)OCC(COC(=O)CCCCCCC/C=C\CCCCC)OC(=O)CCCCCCC/C=C\C/C=C\C/C=C\CC. The third-order valence-corrected chi connectivity index (χ3v) is 13.7. The summed E-state index contributed by atoms with van der Waals surface area (Å²) in [6.07, 6.45) is 90.8. The highest BCUT2D eigenvalue weighted by Gasteiger charge is 2.19. The Balaban J connectivity index is 4.19. The fourth-order valence-electron chi connectivity index (χ4n) is 8.87. The molecule has 0 saturated carbocycles. The fraction of sp³-hybridized carbons (Fsp3) is 0.681. The lowest BCUT2D eigenvalue weighted by Gasteiger charge is -2.18. The van der Waals surface area contributed by atoms with Crippen molar-refractivity contribution in [2.45, 2.75) is 303 Å². The molecular formula is C72H120O6. The van der Waals surface area contributed by atoms with Crippen molar-refractivity contribution in [1.29, 1.82) is 0 Å². The van der Waals surface area contributed by atoms with Gasteiger partial charge in [0.25, 0.3) is 0 Å². The van der Waals surface area contributed by atoms with Gasteiger partial charge in [-0.05, 0) is 128 Å². The summed E-state index contributed by atoms with van der Waals surface area (Å²) in [5.74, 6) is -0.910. The molecule has 0 spiro atoms. The van der Waals surface area contributed by atoms with Gasteiger partial charge < -0.3 is 14.2 Å². The van der Waals surface area contributed by atoms with Gasteiger partial charge in [-0.1, -0.05) is 271 Å². The third kappa shape index (κ3) is 62.7. The van der Waals surface area contributed by atoms with Crippen molar-refractivity contribution >= 4 is 17.9 Å². The molecule has 1 unspecified atom stereocenters. The van der Waals surface area contributed by atoms with E-state index in [1.54, 1.807) is 0 Å². The van der Waals surface area contributed by atoms with Gasteiger partial charge in [-0.3, -0.25) is 14.4 Å². The number of carbonyl (C=O) groups excluding carboxylic acids is 3. The topological polar surface area (TPSA) is 78.9 Å². The molecule has 0 N–H and O–H groups in total. The average molecular weight is 1080 g/mol. The van der Waals surface area contributed by atoms with Gasteiger partial charge in [0.15, 0.2) is 6.10 Å². The van der Waals surface area contributed by atoms with Gasteiger partial charge in [0.1, 0.15) is 13.2 Å². The number of carbonyl (C=O) groups is 3. The Morgan fingerprint density at radius 3 is 0.795 bits per heavy atom. The number of hydrogen-bond donors (Lipinski definition) is 0. The second-order valence-electron chi connectivity index (χ2n) is 21.3. The van der Waals surface area contributed by atoms with E-state index < -0.39 is 6.10 Å². The lowest BCUT2D eigenvalue weighted by molar-refractivity contribution is -0.167. The van der Waals surface area contributed by atoms with Crippen LogP contribution < -0.4 is 0 Å². The lowest BCUT2D eigenvalue weighted by Crippen LogP contribution is -2.30. The molecule has 0 radical (unpaired) electrons. The van der Waals surface area contributed by atoms with Gasteiger partial charge >= 0.3 is 17.9 Å². The Kier molecular flexibility index (Phi) is 61.8. The predicted molar refractivity (Wildman–Crippen MR) is 339 cm³/mol. The Labute approximate surface area is 482 Å². The smallest absolute Gasteiger partial charge is 0.306 e. The molecule has 0 aliphatic carbocycles. The van der Waals surface area contributed by atoms with Gasteiger partial charge in [-0.15, -0.1) is 0 Å². The van der Waals surface area contributed by atoms with Crippen molar-refractivity contribution < 1.29 is 28.6 Å². The van der Waals surface area contributed by atoms with E-state index in [0.717, 1.165) is 141 Å². The molecule has 0 heterocycles. The van der Waals surface area contributed by atoms with Gasteiger partial charge in [-0.2, -0.15) is 0 Å². The highest BCUT2D eigenvalue weighted by molar-refractivity contribution is 5.71. The van der Waals surface area contributed by atoms with E-state index in [1.165, 1.54) is 116 Å². The molecule has 0 aromatic heterocycles. The van der Waals surface area contributed by atoms with Crippen molar-refractivity contribution in [2.75, 3.05) is 13.2 Å². The second-order valence-corrected chi connectivity index (χ2v) is 21.3. The Hall–Kier alpha value is -4.19. The van der Waals surface area contributed by atoms with Crippen LogP contribution >= 0.6 is 0 Å². The van der Waals surface area contributed by atoms with E-state index >= 15 is 0 Å². The number of unbranched alkanes of at least 4 members (excludes halogenated alkanes) is 27. The van der Waals surface area contributed by atoms with Gasteiger partial charge in [0.05, 0.1) is 0 Å². The van der Waals surface area contributed by atoms with Gasteiger partial charge in [0, 0.05) is 19.3 Å². The maximum absolute atomic E-state index is 12.9. The molecule has 0 aliphatic rings. The van der Waals surface area contributed by atoms with Crippen LogP contribution in [0.3, 0.4) is 0 Å². The summed E-state index contributed by atoms with van der Waals surface area (Å²) >= 11 is 0. The molecule has 0 bridgehead atoms. The Morgan fingerprint density at radius 2 is 0.500 bits per heavy atom. The largest absolute Gasteiger partial charge is 0.462 e. The highest BCUT2D eigenvalue weighted by atomic mass is 16.6. The van der Waals surface area contributed by atoms with E-state index in [-0.39, 0.29) is 31.1 Å². The van der Waals surface area contributed by atoms with Crippen LogP contribution in [0.2, 0.25) is 0 Å². The van der Waals surface area contributed by atoms with Crippen molar-refractivity contribution in [3.05, 3.63) is 122 Å². The first kappa shape index (κ1) is 73.8. The molecule has 0 aliphatic heterocycles. The summed E-state index contributed by atoms with van der Waals surface area (Å²) in [5, 5.41) is 0. The molecule has 6 heteroatoms. The van der Waals surface area contributed by atoms with E-state index in [2.05, 4.69) is 142 Å². The van der Waals surface area contributed by atoms with Crippen molar-refractivity contribution in [3.8, 4) is 0 Å². The van der Waals surface area contributed by atoms with Gasteiger partial charge in [0.2, 0.25) is 0 Å². The quantitative estimate of drug-likeness (QED) is 0.0261. The first-order chi connectivity index (χ1) is 38.5. The molecule has 0 amide bonds. The van der Waals surface area contributed by atoms with E-state index in [1.807, 2.05) is 0 Å². The van der Waals surface area contributed by atoms with Crippen LogP contribution in [-0.4, -0.2) is 37.2 Å². The minimum absolute atomic E-state index is 0.0881. The molecule has 0 saturated heterocycles. The molecule has 0 rings (SSSR count). The maximum atomic E-state index is 12.9. The third-order valence-electron chi connectivity index (χ3n) is 13.7. The summed E-state index contributed by atoms with van der Waals surface area (Å²) in [5.41, 5.74) is 0. The monoisotopic (exact) mass is 1080 g/mol. The molecule has 6 nitrogen and oxygen atoms in total.